The molecule has 0 spiro atoms. The number of rotatable bonds is 11. The molecule has 0 aromatic carbocycles. The minimum absolute atomic E-state index is 0.288. The largest absolute Gasteiger partial charge is 0.465 e. The van der Waals surface area contributed by atoms with Gasteiger partial charge in [-0.15, -0.1) is 0 Å². The van der Waals surface area contributed by atoms with Gasteiger partial charge < -0.3 is 10.5 Å². The van der Waals surface area contributed by atoms with Crippen LogP contribution in [0.3, 0.4) is 0 Å². The molecule has 0 aromatic rings. The van der Waals surface area contributed by atoms with E-state index in [0.717, 1.165) is 5.75 Å². The minimum atomic E-state index is -0.479. The normalized spacial score (nSPS) is 12.4. The van der Waals surface area contributed by atoms with Crippen molar-refractivity contribution in [2.24, 2.45) is 5.73 Å². The van der Waals surface area contributed by atoms with E-state index in [-0.39, 0.29) is 5.97 Å². The molecular weight excluding hydrogens is 254 g/mol. The van der Waals surface area contributed by atoms with Gasteiger partial charge in [-0.05, 0) is 13.3 Å². The predicted octanol–water partition coefficient (Wildman–Crippen LogP) is 3.23. The molecule has 0 rings (SSSR count). The monoisotopic (exact) mass is 279 g/mol. The van der Waals surface area contributed by atoms with Gasteiger partial charge in [-0.3, -0.25) is 4.79 Å². The van der Waals surface area contributed by atoms with Crippen LogP contribution in [0.4, 0.5) is 0 Å². The Hall–Kier alpha value is 0.130. The van der Waals surface area contributed by atoms with Crippen LogP contribution in [-0.2, 0) is 9.53 Å². The van der Waals surface area contributed by atoms with Crippen molar-refractivity contribution in [3.63, 3.8) is 0 Å². The Morgan fingerprint density at radius 3 is 2.53 bits per heavy atom. The van der Waals surface area contributed by atoms with E-state index < -0.39 is 6.04 Å². The van der Waals surface area contributed by atoms with Gasteiger partial charge in [-0.25, -0.2) is 0 Å². The van der Waals surface area contributed by atoms with Crippen LogP contribution < -0.4 is 5.73 Å². The first-order valence-electron chi connectivity index (χ1n) is 6.39. The Kier molecular flexibility index (Phi) is 12.7. The predicted molar refractivity (Wildman–Crippen MR) is 78.3 cm³/mol. The lowest BCUT2D eigenvalue weighted by atomic mass is 10.2. The van der Waals surface area contributed by atoms with E-state index in [4.69, 9.17) is 10.5 Å². The van der Waals surface area contributed by atoms with E-state index in [9.17, 15) is 4.79 Å². The highest BCUT2D eigenvalue weighted by Gasteiger charge is 2.13. The van der Waals surface area contributed by atoms with Crippen molar-refractivity contribution >= 4 is 27.6 Å². The van der Waals surface area contributed by atoms with Crippen molar-refractivity contribution in [3.8, 4) is 0 Å². The van der Waals surface area contributed by atoms with Crippen molar-refractivity contribution in [2.75, 3.05) is 18.1 Å². The van der Waals surface area contributed by atoms with Gasteiger partial charge in [0.2, 0.25) is 0 Å². The first-order chi connectivity index (χ1) is 8.22. The fourth-order valence-electron chi connectivity index (χ4n) is 1.26. The SMILES string of the molecule is CCCCCCCSSC[C@H](N)C(=O)OCC. The Morgan fingerprint density at radius 2 is 1.88 bits per heavy atom. The van der Waals surface area contributed by atoms with Crippen LogP contribution in [0.5, 0.6) is 0 Å². The maximum atomic E-state index is 11.2. The molecule has 0 bridgehead atoms. The molecule has 2 N–H and O–H groups in total. The first-order valence-corrected chi connectivity index (χ1v) is 8.87. The van der Waals surface area contributed by atoms with Gasteiger partial charge in [0, 0.05) is 11.5 Å². The van der Waals surface area contributed by atoms with Crippen LogP contribution in [0.15, 0.2) is 0 Å². The van der Waals surface area contributed by atoms with Crippen molar-refractivity contribution < 1.29 is 9.53 Å². The molecule has 0 aliphatic heterocycles. The lowest BCUT2D eigenvalue weighted by molar-refractivity contribution is -0.144. The van der Waals surface area contributed by atoms with Crippen LogP contribution in [0.2, 0.25) is 0 Å². The Bertz CT molecular complexity index is 191. The number of carbonyl (C=O) groups is 1. The molecule has 0 aliphatic rings. The number of carbonyl (C=O) groups excluding carboxylic acids is 1. The Labute approximate surface area is 113 Å². The summed E-state index contributed by atoms with van der Waals surface area (Å²) in [6, 6.07) is -0.479. The average Bonchev–Trinajstić information content (AvgIpc) is 2.32. The van der Waals surface area contributed by atoms with Crippen LogP contribution in [0.25, 0.3) is 0 Å². The second-order valence-corrected chi connectivity index (χ2v) is 6.51. The van der Waals surface area contributed by atoms with Crippen LogP contribution in [-0.4, -0.2) is 30.1 Å². The molecule has 0 radical (unpaired) electrons. The van der Waals surface area contributed by atoms with Gasteiger partial charge in [-0.2, -0.15) is 0 Å². The molecule has 0 aromatic heterocycles. The van der Waals surface area contributed by atoms with Gasteiger partial charge in [0.05, 0.1) is 6.61 Å². The van der Waals surface area contributed by atoms with E-state index in [2.05, 4.69) is 6.92 Å². The van der Waals surface area contributed by atoms with E-state index >= 15 is 0 Å². The molecule has 102 valence electrons. The third kappa shape index (κ3) is 11.0. The zero-order chi connectivity index (χ0) is 12.9. The van der Waals surface area contributed by atoms with Gasteiger partial charge in [0.15, 0.2) is 0 Å². The highest BCUT2D eigenvalue weighted by atomic mass is 33.1. The van der Waals surface area contributed by atoms with Crippen LogP contribution in [0.1, 0.15) is 46.0 Å². The summed E-state index contributed by atoms with van der Waals surface area (Å²) in [5.74, 6) is 1.49. The fraction of sp³-hybridized carbons (Fsp3) is 0.917. The molecule has 3 nitrogen and oxygen atoms in total. The maximum absolute atomic E-state index is 11.2. The van der Waals surface area contributed by atoms with Crippen LogP contribution in [0, 0.1) is 0 Å². The standard InChI is InChI=1S/C12H25NO2S2/c1-3-5-6-7-8-9-16-17-10-11(13)12(14)15-4-2/h11H,3-10,13H2,1-2H3/t11-/m0/s1. The summed E-state index contributed by atoms with van der Waals surface area (Å²) in [6.07, 6.45) is 6.53. The number of ether oxygens (including phenoxy) is 1. The highest BCUT2D eigenvalue weighted by molar-refractivity contribution is 8.76. The number of hydrogen-bond acceptors (Lipinski definition) is 5. The molecule has 0 aliphatic carbocycles. The molecule has 0 saturated heterocycles. The lowest BCUT2D eigenvalue weighted by Gasteiger charge is -2.09. The van der Waals surface area contributed by atoms with Gasteiger partial charge in [0.1, 0.15) is 6.04 Å². The van der Waals surface area contributed by atoms with Crippen molar-refractivity contribution in [1.82, 2.24) is 0 Å². The summed E-state index contributed by atoms with van der Waals surface area (Å²) in [6.45, 7) is 4.42. The Morgan fingerprint density at radius 1 is 1.18 bits per heavy atom. The molecule has 5 heteroatoms. The van der Waals surface area contributed by atoms with Gasteiger partial charge in [-0.1, -0.05) is 54.2 Å². The quantitative estimate of drug-likeness (QED) is 0.357. The zero-order valence-electron chi connectivity index (χ0n) is 10.9. The number of unbranched alkanes of at least 4 members (excludes halogenated alkanes) is 4. The van der Waals surface area contributed by atoms with Gasteiger partial charge >= 0.3 is 5.97 Å². The third-order valence-electron chi connectivity index (χ3n) is 2.25. The minimum Gasteiger partial charge on any atom is -0.465 e. The molecule has 0 saturated carbocycles. The lowest BCUT2D eigenvalue weighted by Crippen LogP contribution is -2.34. The van der Waals surface area contributed by atoms with E-state index in [1.165, 1.54) is 32.1 Å². The van der Waals surface area contributed by atoms with Crippen molar-refractivity contribution in [1.29, 1.82) is 0 Å². The average molecular weight is 279 g/mol. The second-order valence-electron chi connectivity index (χ2n) is 3.88. The third-order valence-corrected chi connectivity index (χ3v) is 4.78. The zero-order valence-corrected chi connectivity index (χ0v) is 12.6. The van der Waals surface area contributed by atoms with E-state index in [1.54, 1.807) is 28.5 Å². The number of esters is 1. The summed E-state index contributed by atoms with van der Waals surface area (Å²) < 4.78 is 4.84. The molecular formula is C12H25NO2S2. The number of nitrogens with two attached hydrogens (primary N) is 1. The molecule has 0 unspecified atom stereocenters. The van der Waals surface area contributed by atoms with Gasteiger partial charge in [0.25, 0.3) is 0 Å². The summed E-state index contributed by atoms with van der Waals surface area (Å²) in [5, 5.41) is 0. The molecule has 0 heterocycles. The maximum Gasteiger partial charge on any atom is 0.323 e. The smallest absolute Gasteiger partial charge is 0.323 e. The summed E-state index contributed by atoms with van der Waals surface area (Å²) >= 11 is 0. The number of hydrogen-bond donors (Lipinski definition) is 1. The summed E-state index contributed by atoms with van der Waals surface area (Å²) in [5.41, 5.74) is 5.68. The second kappa shape index (κ2) is 12.6. The molecule has 1 atom stereocenters. The van der Waals surface area contributed by atoms with Crippen molar-refractivity contribution in [3.05, 3.63) is 0 Å². The van der Waals surface area contributed by atoms with E-state index in [1.807, 2.05) is 0 Å². The summed E-state index contributed by atoms with van der Waals surface area (Å²) in [4.78, 5) is 11.2. The summed E-state index contributed by atoms with van der Waals surface area (Å²) in [7, 11) is 3.47. The fourth-order valence-corrected chi connectivity index (χ4v) is 3.52. The first kappa shape index (κ1) is 17.1. The highest BCUT2D eigenvalue weighted by Crippen LogP contribution is 2.23. The topological polar surface area (TPSA) is 52.3 Å². The Balaban J connectivity index is 3.24. The van der Waals surface area contributed by atoms with E-state index in [0.29, 0.717) is 12.4 Å². The molecule has 0 amide bonds. The van der Waals surface area contributed by atoms with Crippen LogP contribution >= 0.6 is 21.6 Å². The molecule has 17 heavy (non-hydrogen) atoms. The molecule has 0 fully saturated rings. The van der Waals surface area contributed by atoms with Crippen molar-refractivity contribution in [2.45, 2.75) is 52.0 Å².